The van der Waals surface area contributed by atoms with Crippen molar-refractivity contribution in [3.63, 3.8) is 0 Å². The minimum Gasteiger partial charge on any atom is -0.868 e. The van der Waals surface area contributed by atoms with Gasteiger partial charge in [0.1, 0.15) is 5.82 Å². The minimum atomic E-state index is -1.84. The Morgan fingerprint density at radius 3 is 2.33 bits per heavy atom. The molecule has 0 atom stereocenters. The smallest absolute Gasteiger partial charge is 0.258 e. The van der Waals surface area contributed by atoms with Gasteiger partial charge in [-0.05, 0) is 23.9 Å². The Labute approximate surface area is 118 Å². The monoisotopic (exact) mass is 296 g/mol. The number of rotatable bonds is 3. The summed E-state index contributed by atoms with van der Waals surface area (Å²) in [6, 6.07) is 6.85. The van der Waals surface area contributed by atoms with Crippen LogP contribution in [0.3, 0.4) is 0 Å². The van der Waals surface area contributed by atoms with Crippen molar-refractivity contribution in [1.29, 1.82) is 0 Å². The third-order valence-electron chi connectivity index (χ3n) is 2.86. The lowest BCUT2D eigenvalue weighted by molar-refractivity contribution is -0.386. The number of quaternary nitrogens is 1. The van der Waals surface area contributed by atoms with Crippen LogP contribution >= 0.6 is 0 Å². The molecule has 0 fully saturated rings. The highest BCUT2D eigenvalue weighted by Gasteiger charge is 2.18. The largest absolute Gasteiger partial charge is 0.868 e. The number of hydrogen-bond acceptors (Lipinski definition) is 2. The maximum absolute atomic E-state index is 13.5. The molecule has 0 saturated heterocycles. The van der Waals surface area contributed by atoms with Gasteiger partial charge in [0.05, 0.1) is 12.1 Å². The van der Waals surface area contributed by atoms with Crippen molar-refractivity contribution < 1.29 is 28.8 Å². The van der Waals surface area contributed by atoms with Gasteiger partial charge in [-0.3, -0.25) is 4.79 Å². The molecule has 0 bridgehead atoms. The van der Waals surface area contributed by atoms with Gasteiger partial charge in [0.25, 0.3) is 5.91 Å². The number of halogens is 3. The predicted octanol–water partition coefficient (Wildman–Crippen LogP) is 1.17. The first-order valence-corrected chi connectivity index (χ1v) is 5.98. The summed E-state index contributed by atoms with van der Waals surface area (Å²) in [6.07, 6.45) is 0. The van der Waals surface area contributed by atoms with Crippen molar-refractivity contribution >= 4 is 11.6 Å². The number of amides is 1. The Morgan fingerprint density at radius 2 is 1.76 bits per heavy atom. The van der Waals surface area contributed by atoms with Crippen LogP contribution in [0.25, 0.3) is 0 Å². The molecule has 0 aromatic heterocycles. The molecule has 0 aliphatic rings. The van der Waals surface area contributed by atoms with Crippen LogP contribution in [0, 0.1) is 17.5 Å². The highest BCUT2D eigenvalue weighted by molar-refractivity contribution is 6.04. The van der Waals surface area contributed by atoms with E-state index in [2.05, 4.69) is 11.1 Å². The zero-order valence-corrected chi connectivity index (χ0v) is 10.8. The van der Waals surface area contributed by atoms with Crippen molar-refractivity contribution in [3.8, 4) is 5.75 Å². The molecule has 2 aromatic carbocycles. The molecule has 2 aromatic rings. The zero-order valence-electron chi connectivity index (χ0n) is 10.8. The third kappa shape index (κ3) is 2.97. The lowest BCUT2D eigenvalue weighted by Crippen LogP contribution is -2.47. The first-order chi connectivity index (χ1) is 9.93. The van der Waals surface area contributed by atoms with Crippen LogP contribution in [0.1, 0.15) is 15.9 Å². The summed E-state index contributed by atoms with van der Waals surface area (Å²) in [6.45, 7) is 0.561. The zero-order chi connectivity index (χ0) is 15.6. The van der Waals surface area contributed by atoms with Gasteiger partial charge < -0.3 is 16.2 Å². The summed E-state index contributed by atoms with van der Waals surface area (Å²) in [4.78, 5) is 11.8. The fourth-order valence-electron chi connectivity index (χ4n) is 1.70. The van der Waals surface area contributed by atoms with Gasteiger partial charge in [-0.15, -0.1) is 0 Å². The number of carbonyl (C=O) groups is 1. The average Bonchev–Trinajstić information content (AvgIpc) is 2.49. The number of benzene rings is 2. The predicted molar refractivity (Wildman–Crippen MR) is 66.7 cm³/mol. The van der Waals surface area contributed by atoms with Gasteiger partial charge in [0.15, 0.2) is 11.6 Å². The molecule has 0 spiro atoms. The Hall–Kier alpha value is -2.54. The summed E-state index contributed by atoms with van der Waals surface area (Å²) in [5.74, 6) is -7.85. The Bertz CT molecular complexity index is 688. The molecule has 0 saturated carbocycles. The summed E-state index contributed by atoms with van der Waals surface area (Å²) in [5.41, 5.74) is 4.09. The fraction of sp³-hybridized carbons (Fsp3) is 0.0714. The lowest BCUT2D eigenvalue weighted by atomic mass is 10.1. The van der Waals surface area contributed by atoms with Crippen molar-refractivity contribution in [2.24, 2.45) is 0 Å². The van der Waals surface area contributed by atoms with Crippen LogP contribution in [-0.2, 0) is 6.54 Å². The summed E-state index contributed by atoms with van der Waals surface area (Å²) >= 11 is 0. The van der Waals surface area contributed by atoms with Crippen LogP contribution in [-0.4, -0.2) is 5.91 Å². The molecule has 2 rings (SSSR count). The number of nitrogens with one attached hydrogen (secondary N) is 1. The minimum absolute atomic E-state index is 0.328. The molecule has 0 aliphatic carbocycles. The number of hydrogen-bond donors (Lipinski definition) is 2. The van der Waals surface area contributed by atoms with Crippen molar-refractivity contribution in [2.45, 2.75) is 6.54 Å². The molecule has 110 valence electrons. The normalized spacial score (nSPS) is 10.5. The van der Waals surface area contributed by atoms with Gasteiger partial charge in [-0.2, -0.15) is 0 Å². The fourth-order valence-corrected chi connectivity index (χ4v) is 1.70. The van der Waals surface area contributed by atoms with E-state index in [4.69, 9.17) is 0 Å². The van der Waals surface area contributed by atoms with Gasteiger partial charge in [0, 0.05) is 11.3 Å². The molecule has 4 N–H and O–H groups in total. The summed E-state index contributed by atoms with van der Waals surface area (Å²) in [7, 11) is 0. The van der Waals surface area contributed by atoms with E-state index >= 15 is 0 Å². The summed E-state index contributed by atoms with van der Waals surface area (Å²) < 4.78 is 39.5. The van der Waals surface area contributed by atoms with Gasteiger partial charge in [-0.25, -0.2) is 13.2 Å². The van der Waals surface area contributed by atoms with Gasteiger partial charge in [0.2, 0.25) is 0 Å². The van der Waals surface area contributed by atoms with Crippen LogP contribution in [0.2, 0.25) is 0 Å². The van der Waals surface area contributed by atoms with Crippen molar-refractivity contribution in [3.05, 3.63) is 58.9 Å². The molecule has 21 heavy (non-hydrogen) atoms. The molecule has 4 nitrogen and oxygen atoms in total. The standard InChI is InChI=1S/C14H11F3N2O2/c15-10-5-9(11(16)13(20)12(10)17)14(21)19-8-3-1-7(6-18)2-4-8/h1-5,20H,6,18H2,(H,19,21). The van der Waals surface area contributed by atoms with E-state index in [0.29, 0.717) is 18.3 Å². The Morgan fingerprint density at radius 1 is 1.14 bits per heavy atom. The molecule has 0 radical (unpaired) electrons. The highest BCUT2D eigenvalue weighted by atomic mass is 19.2. The van der Waals surface area contributed by atoms with Crippen molar-refractivity contribution in [2.75, 3.05) is 5.32 Å². The topological polar surface area (TPSA) is 79.8 Å². The lowest BCUT2D eigenvalue weighted by Gasteiger charge is -2.13. The van der Waals surface area contributed by atoms with E-state index in [1.54, 1.807) is 24.3 Å². The SMILES string of the molecule is [NH3+]Cc1ccc(NC(=O)c2cc(F)c(F)c([O-])c2F)cc1. The molecule has 0 unspecified atom stereocenters. The highest BCUT2D eigenvalue weighted by Crippen LogP contribution is 2.24. The molecular weight excluding hydrogens is 285 g/mol. The Balaban J connectivity index is 2.28. The number of carbonyl (C=O) groups excluding carboxylic acids is 1. The van der Waals surface area contributed by atoms with E-state index in [9.17, 15) is 23.1 Å². The first-order valence-electron chi connectivity index (χ1n) is 5.98. The second-order valence-electron chi connectivity index (χ2n) is 4.26. The van der Waals surface area contributed by atoms with E-state index in [0.717, 1.165) is 5.56 Å². The van der Waals surface area contributed by atoms with Crippen LogP contribution in [0.4, 0.5) is 18.9 Å². The third-order valence-corrected chi connectivity index (χ3v) is 2.86. The van der Waals surface area contributed by atoms with Crippen LogP contribution in [0.15, 0.2) is 30.3 Å². The Kier molecular flexibility index (Phi) is 4.13. The van der Waals surface area contributed by atoms with Gasteiger partial charge in [-0.1, -0.05) is 12.1 Å². The molecule has 0 aliphatic heterocycles. The van der Waals surface area contributed by atoms with E-state index < -0.39 is 34.7 Å². The molecule has 0 heterocycles. The molecular formula is C14H11F3N2O2. The molecule has 7 heteroatoms. The van der Waals surface area contributed by atoms with E-state index in [1.165, 1.54) is 0 Å². The van der Waals surface area contributed by atoms with Gasteiger partial charge >= 0.3 is 0 Å². The average molecular weight is 296 g/mol. The summed E-state index contributed by atoms with van der Waals surface area (Å²) in [5, 5.41) is 13.4. The molecule has 1 amide bonds. The van der Waals surface area contributed by atoms with Crippen LogP contribution < -0.4 is 16.2 Å². The van der Waals surface area contributed by atoms with E-state index in [-0.39, 0.29) is 0 Å². The second-order valence-corrected chi connectivity index (χ2v) is 4.26. The van der Waals surface area contributed by atoms with Crippen LogP contribution in [0.5, 0.6) is 5.75 Å². The maximum atomic E-state index is 13.5. The van der Waals surface area contributed by atoms with Crippen molar-refractivity contribution in [1.82, 2.24) is 0 Å². The first kappa shape index (κ1) is 14.9. The second kappa shape index (κ2) is 5.84. The van der Waals surface area contributed by atoms with E-state index in [1.807, 2.05) is 0 Å². The number of anilines is 1. The quantitative estimate of drug-likeness (QED) is 0.834. The maximum Gasteiger partial charge on any atom is 0.258 e.